The number of aromatic nitrogens is 2. The smallest absolute Gasteiger partial charge is 0.417 e. The summed E-state index contributed by atoms with van der Waals surface area (Å²) < 4.78 is 43.4. The molecular formula is C19H11Cl3F3N3O2. The highest BCUT2D eigenvalue weighted by atomic mass is 35.5. The second kappa shape index (κ2) is 8.67. The fourth-order valence-corrected chi connectivity index (χ4v) is 2.92. The minimum Gasteiger partial charge on any atom is -0.438 e. The van der Waals surface area contributed by atoms with E-state index in [2.05, 4.69) is 15.3 Å². The normalized spacial score (nSPS) is 11.3. The van der Waals surface area contributed by atoms with E-state index in [-0.39, 0.29) is 32.4 Å². The first-order chi connectivity index (χ1) is 14.1. The average Bonchev–Trinajstić information content (AvgIpc) is 2.68. The molecule has 0 aliphatic heterocycles. The van der Waals surface area contributed by atoms with E-state index in [9.17, 15) is 18.0 Å². The first kappa shape index (κ1) is 22.1. The minimum atomic E-state index is -4.56. The van der Waals surface area contributed by atoms with Crippen molar-refractivity contribution < 1.29 is 22.7 Å². The summed E-state index contributed by atoms with van der Waals surface area (Å²) in [4.78, 5) is 19.9. The van der Waals surface area contributed by atoms with Crippen molar-refractivity contribution >= 4 is 46.4 Å². The number of carbonyl (C=O) groups is 1. The lowest BCUT2D eigenvalue weighted by Gasteiger charge is -2.11. The van der Waals surface area contributed by atoms with Crippen LogP contribution in [0.15, 0.2) is 42.7 Å². The number of ether oxygens (including phenoxy) is 1. The van der Waals surface area contributed by atoms with Crippen LogP contribution in [0.4, 0.5) is 18.9 Å². The summed E-state index contributed by atoms with van der Waals surface area (Å²) in [5, 5.41) is 2.75. The molecule has 1 N–H and O–H groups in total. The standard InChI is InChI=1S/C19H11Cl3F3N3O2/c1-9-15(21)13(8-26-16(9)22)17(29)28-11-2-4-12(5-3-11)30-18-14(20)6-10(7-27-18)19(23,24)25/h2-8H,1H3,(H,28,29). The first-order valence-electron chi connectivity index (χ1n) is 8.19. The van der Waals surface area contributed by atoms with Crippen molar-refractivity contribution in [2.24, 2.45) is 0 Å². The van der Waals surface area contributed by atoms with Gasteiger partial charge in [-0.25, -0.2) is 9.97 Å². The fourth-order valence-electron chi connectivity index (χ4n) is 2.30. The number of nitrogens with one attached hydrogen (secondary N) is 1. The van der Waals surface area contributed by atoms with Gasteiger partial charge in [-0.1, -0.05) is 34.8 Å². The van der Waals surface area contributed by atoms with Crippen LogP contribution in [0, 0.1) is 6.92 Å². The highest BCUT2D eigenvalue weighted by molar-refractivity contribution is 6.37. The molecule has 0 saturated heterocycles. The van der Waals surface area contributed by atoms with Gasteiger partial charge < -0.3 is 10.1 Å². The van der Waals surface area contributed by atoms with Gasteiger partial charge >= 0.3 is 6.18 Å². The van der Waals surface area contributed by atoms with Crippen LogP contribution in [0.5, 0.6) is 11.6 Å². The van der Waals surface area contributed by atoms with Crippen LogP contribution in [0.25, 0.3) is 0 Å². The van der Waals surface area contributed by atoms with Gasteiger partial charge in [0.05, 0.1) is 16.1 Å². The van der Waals surface area contributed by atoms with Crippen molar-refractivity contribution in [2.75, 3.05) is 5.32 Å². The molecule has 0 aliphatic rings. The van der Waals surface area contributed by atoms with Crippen LogP contribution in [-0.2, 0) is 6.18 Å². The Morgan fingerprint density at radius 2 is 1.73 bits per heavy atom. The van der Waals surface area contributed by atoms with Gasteiger partial charge in [0.15, 0.2) is 0 Å². The topological polar surface area (TPSA) is 64.1 Å². The molecule has 0 spiro atoms. The number of hydrogen-bond acceptors (Lipinski definition) is 4. The van der Waals surface area contributed by atoms with Crippen molar-refractivity contribution in [3.05, 3.63) is 74.6 Å². The first-order valence-corrected chi connectivity index (χ1v) is 9.32. The molecule has 11 heteroatoms. The molecule has 2 heterocycles. The molecule has 2 aromatic heterocycles. The molecule has 156 valence electrons. The lowest BCUT2D eigenvalue weighted by atomic mass is 10.2. The number of carbonyl (C=O) groups excluding carboxylic acids is 1. The Hall–Kier alpha value is -2.55. The number of halogens is 6. The third kappa shape index (κ3) is 4.95. The molecule has 5 nitrogen and oxygen atoms in total. The third-order valence-corrected chi connectivity index (χ3v) is 5.03. The summed E-state index contributed by atoms with van der Waals surface area (Å²) in [6, 6.07) is 6.74. The summed E-state index contributed by atoms with van der Waals surface area (Å²) in [6.45, 7) is 1.64. The number of hydrogen-bond donors (Lipinski definition) is 1. The maximum atomic E-state index is 12.7. The monoisotopic (exact) mass is 475 g/mol. The molecule has 0 saturated carbocycles. The van der Waals surface area contributed by atoms with E-state index in [0.29, 0.717) is 17.4 Å². The molecular weight excluding hydrogens is 466 g/mol. The maximum absolute atomic E-state index is 12.7. The predicted molar refractivity (Wildman–Crippen MR) is 108 cm³/mol. The number of anilines is 1. The molecule has 3 aromatic rings. The van der Waals surface area contributed by atoms with Gasteiger partial charge in [0.25, 0.3) is 5.91 Å². The van der Waals surface area contributed by atoms with Gasteiger partial charge in [-0.05, 0) is 37.3 Å². The molecule has 1 aromatic carbocycles. The van der Waals surface area contributed by atoms with E-state index in [1.807, 2.05) is 0 Å². The zero-order valence-electron chi connectivity index (χ0n) is 15.0. The quantitative estimate of drug-likeness (QED) is 0.420. The lowest BCUT2D eigenvalue weighted by molar-refractivity contribution is -0.137. The summed E-state index contributed by atoms with van der Waals surface area (Å²) in [6.07, 6.45) is -2.67. The average molecular weight is 477 g/mol. The number of amides is 1. The van der Waals surface area contributed by atoms with E-state index >= 15 is 0 Å². The largest absolute Gasteiger partial charge is 0.438 e. The number of nitrogens with zero attached hydrogens (tertiary/aromatic N) is 2. The second-order valence-electron chi connectivity index (χ2n) is 5.99. The van der Waals surface area contributed by atoms with Crippen molar-refractivity contribution in [3.63, 3.8) is 0 Å². The van der Waals surface area contributed by atoms with Gasteiger partial charge in [-0.3, -0.25) is 4.79 Å². The van der Waals surface area contributed by atoms with Gasteiger partial charge in [0, 0.05) is 23.6 Å². The molecule has 0 unspecified atom stereocenters. The van der Waals surface area contributed by atoms with Gasteiger partial charge in [0.2, 0.25) is 5.88 Å². The SMILES string of the molecule is Cc1c(Cl)ncc(C(=O)Nc2ccc(Oc3ncc(C(F)(F)F)cc3Cl)cc2)c1Cl. The van der Waals surface area contributed by atoms with Crippen LogP contribution in [0.2, 0.25) is 15.2 Å². The summed E-state index contributed by atoms with van der Waals surface area (Å²) in [7, 11) is 0. The molecule has 30 heavy (non-hydrogen) atoms. The summed E-state index contributed by atoms with van der Waals surface area (Å²) >= 11 is 17.8. The van der Waals surface area contributed by atoms with Gasteiger partial charge in [-0.2, -0.15) is 13.2 Å². The van der Waals surface area contributed by atoms with E-state index < -0.39 is 17.6 Å². The molecule has 0 atom stereocenters. The Balaban J connectivity index is 1.71. The summed E-state index contributed by atoms with van der Waals surface area (Å²) in [5.41, 5.74) is 0.0706. The van der Waals surface area contributed by atoms with E-state index in [1.165, 1.54) is 30.5 Å². The van der Waals surface area contributed by atoms with E-state index in [0.717, 1.165) is 6.07 Å². The molecule has 1 amide bonds. The van der Waals surface area contributed by atoms with Gasteiger partial charge in [0.1, 0.15) is 15.9 Å². The highest BCUT2D eigenvalue weighted by Gasteiger charge is 2.31. The van der Waals surface area contributed by atoms with E-state index in [1.54, 1.807) is 6.92 Å². The minimum absolute atomic E-state index is 0.152. The zero-order chi connectivity index (χ0) is 22.1. The maximum Gasteiger partial charge on any atom is 0.417 e. The number of alkyl halides is 3. The molecule has 0 aliphatic carbocycles. The molecule has 0 radical (unpaired) electrons. The number of pyridine rings is 2. The number of rotatable bonds is 4. The zero-order valence-corrected chi connectivity index (χ0v) is 17.3. The summed E-state index contributed by atoms with van der Waals surface area (Å²) in [5.74, 6) is -0.423. The van der Waals surface area contributed by atoms with Crippen LogP contribution < -0.4 is 10.1 Å². The van der Waals surface area contributed by atoms with Crippen LogP contribution in [-0.4, -0.2) is 15.9 Å². The van der Waals surface area contributed by atoms with Crippen molar-refractivity contribution in [1.82, 2.24) is 9.97 Å². The van der Waals surface area contributed by atoms with Gasteiger partial charge in [-0.15, -0.1) is 0 Å². The van der Waals surface area contributed by atoms with Crippen molar-refractivity contribution in [3.8, 4) is 11.6 Å². The lowest BCUT2D eigenvalue weighted by Crippen LogP contribution is -2.13. The Morgan fingerprint density at radius 1 is 1.07 bits per heavy atom. The molecule has 0 fully saturated rings. The van der Waals surface area contributed by atoms with Crippen LogP contribution in [0.3, 0.4) is 0 Å². The second-order valence-corrected chi connectivity index (χ2v) is 7.13. The van der Waals surface area contributed by atoms with Crippen LogP contribution in [0.1, 0.15) is 21.5 Å². The van der Waals surface area contributed by atoms with E-state index in [4.69, 9.17) is 39.5 Å². The Labute approximate surface area is 183 Å². The van der Waals surface area contributed by atoms with Crippen molar-refractivity contribution in [1.29, 1.82) is 0 Å². The Bertz CT molecular complexity index is 1110. The predicted octanol–water partition coefficient (Wildman–Crippen LogP) is 6.81. The Morgan fingerprint density at radius 3 is 2.33 bits per heavy atom. The molecule has 0 bridgehead atoms. The Kier molecular flexibility index (Phi) is 6.40. The third-order valence-electron chi connectivity index (χ3n) is 3.89. The van der Waals surface area contributed by atoms with Crippen LogP contribution >= 0.6 is 34.8 Å². The van der Waals surface area contributed by atoms with Crippen molar-refractivity contribution in [2.45, 2.75) is 13.1 Å². The molecule has 3 rings (SSSR count). The number of benzene rings is 1. The highest BCUT2D eigenvalue weighted by Crippen LogP contribution is 2.35. The fraction of sp³-hybridized carbons (Fsp3) is 0.105.